The molecule has 98 heavy (non-hydrogen) atoms. The van der Waals surface area contributed by atoms with Crippen LogP contribution in [0.2, 0.25) is 0 Å². The van der Waals surface area contributed by atoms with E-state index >= 15 is 0 Å². The van der Waals surface area contributed by atoms with Crippen molar-refractivity contribution in [1.82, 2.24) is 0 Å². The van der Waals surface area contributed by atoms with Crippen LogP contribution in [0.3, 0.4) is 0 Å². The fourth-order valence-corrected chi connectivity index (χ4v) is 13.7. The molecule has 0 aliphatic heterocycles. The molecule has 0 aliphatic carbocycles. The highest BCUT2D eigenvalue weighted by atomic mass is 31.2. The largest absolute Gasteiger partial charge is 0.472 e. The Balaban J connectivity index is 5.19. The third-order valence-corrected chi connectivity index (χ3v) is 20.7. The zero-order chi connectivity index (χ0) is 72.1. The SMILES string of the molecule is CCCCCCCCCCCCCCCCC(=O)O[C@H](COC(=O)CCCCCCCCC)COP(=O)(O)OC[C@H](O)COP(=O)(O)OC[C@@H](COC(=O)CCCCCCCCCCCCCCCCC(C)CC)OC(=O)CCCCCCCCCCCCCCCCCCC(C)C. The molecule has 0 amide bonds. The van der Waals surface area contributed by atoms with Crippen LogP contribution in [0, 0.1) is 11.8 Å². The number of hydrogen-bond donors (Lipinski definition) is 3. The summed E-state index contributed by atoms with van der Waals surface area (Å²) in [5.74, 6) is -0.455. The van der Waals surface area contributed by atoms with Crippen LogP contribution >= 0.6 is 15.6 Å². The summed E-state index contributed by atoms with van der Waals surface area (Å²) in [5.41, 5.74) is 0. The first-order valence-corrected chi connectivity index (χ1v) is 44.0. The van der Waals surface area contributed by atoms with E-state index in [4.69, 9.17) is 37.0 Å². The summed E-state index contributed by atoms with van der Waals surface area (Å²) in [6.45, 7) is 9.67. The van der Waals surface area contributed by atoms with E-state index in [0.717, 1.165) is 115 Å². The smallest absolute Gasteiger partial charge is 0.462 e. The molecule has 3 N–H and O–H groups in total. The quantitative estimate of drug-likeness (QED) is 0.0222. The number of phosphoric acid groups is 2. The van der Waals surface area contributed by atoms with Crippen LogP contribution < -0.4 is 0 Å². The number of phosphoric ester groups is 2. The highest BCUT2D eigenvalue weighted by Crippen LogP contribution is 2.45. The minimum absolute atomic E-state index is 0.108. The van der Waals surface area contributed by atoms with Crippen LogP contribution in [0.5, 0.6) is 0 Å². The highest BCUT2D eigenvalue weighted by Gasteiger charge is 2.30. The third-order valence-electron chi connectivity index (χ3n) is 18.8. The molecule has 0 rings (SSSR count). The van der Waals surface area contributed by atoms with Crippen LogP contribution in [-0.4, -0.2) is 96.7 Å². The second kappa shape index (κ2) is 70.7. The minimum Gasteiger partial charge on any atom is -0.462 e. The van der Waals surface area contributed by atoms with Crippen molar-refractivity contribution in [3.8, 4) is 0 Å². The van der Waals surface area contributed by atoms with Crippen molar-refractivity contribution in [2.75, 3.05) is 39.6 Å². The topological polar surface area (TPSA) is 237 Å². The summed E-state index contributed by atoms with van der Waals surface area (Å²) in [6.07, 6.45) is 59.7. The first kappa shape index (κ1) is 96.1. The lowest BCUT2D eigenvalue weighted by Gasteiger charge is -2.21. The van der Waals surface area contributed by atoms with Gasteiger partial charge >= 0.3 is 39.5 Å². The number of aliphatic hydroxyl groups excluding tert-OH is 1. The summed E-state index contributed by atoms with van der Waals surface area (Å²) in [7, 11) is -9.91. The zero-order valence-electron chi connectivity index (χ0n) is 64.1. The number of ether oxygens (including phenoxy) is 4. The molecule has 0 aliphatic rings. The van der Waals surface area contributed by atoms with Gasteiger partial charge < -0.3 is 33.8 Å². The van der Waals surface area contributed by atoms with Crippen molar-refractivity contribution in [2.24, 2.45) is 11.8 Å². The monoisotopic (exact) mass is 1440 g/mol. The Morgan fingerprint density at radius 3 is 0.776 bits per heavy atom. The Labute approximate surface area is 600 Å². The number of carbonyl (C=O) groups is 4. The second-order valence-electron chi connectivity index (χ2n) is 29.2. The van der Waals surface area contributed by atoms with Crippen molar-refractivity contribution in [1.29, 1.82) is 0 Å². The predicted molar refractivity (Wildman–Crippen MR) is 400 cm³/mol. The van der Waals surface area contributed by atoms with Gasteiger partial charge in [0.1, 0.15) is 19.3 Å². The zero-order valence-corrected chi connectivity index (χ0v) is 65.9. The van der Waals surface area contributed by atoms with E-state index in [1.54, 1.807) is 0 Å². The van der Waals surface area contributed by atoms with Gasteiger partial charge in [-0.05, 0) is 37.5 Å². The average Bonchev–Trinajstić information content (AvgIpc) is 1.02. The van der Waals surface area contributed by atoms with Crippen molar-refractivity contribution in [3.05, 3.63) is 0 Å². The fourth-order valence-electron chi connectivity index (χ4n) is 12.2. The van der Waals surface area contributed by atoms with Crippen molar-refractivity contribution in [2.45, 2.75) is 432 Å². The van der Waals surface area contributed by atoms with E-state index in [1.165, 1.54) is 218 Å². The van der Waals surface area contributed by atoms with Crippen LogP contribution in [0.4, 0.5) is 0 Å². The molecule has 0 fully saturated rings. The van der Waals surface area contributed by atoms with Crippen molar-refractivity contribution < 1.29 is 80.2 Å². The van der Waals surface area contributed by atoms with Gasteiger partial charge in [-0.25, -0.2) is 9.13 Å². The first-order chi connectivity index (χ1) is 47.4. The maximum atomic E-state index is 13.1. The standard InChI is InChI=1S/C79H154O17P2/c1-7-10-12-14-16-17-18-19-28-34-39-45-51-57-63-78(83)95-74(67-89-76(81)61-55-49-41-15-13-11-8-2)69-93-97(85,86)91-65-73(80)66-92-98(87,88)94-70-75(68-90-77(82)62-56-50-44-38-33-29-25-24-27-32-37-43-48-54-60-72(6)9-3)96-79(84)64-58-52-46-40-35-30-23-21-20-22-26-31-36-42-47-53-59-71(4)5/h71-75,80H,7-70H2,1-6H3,(H,85,86)(H,87,88)/t72?,73-,74+,75+/m0/s1. The number of carbonyl (C=O) groups excluding carboxylic acids is 4. The summed E-state index contributed by atoms with van der Waals surface area (Å²) in [6, 6.07) is 0. The normalized spacial score (nSPS) is 14.2. The number of esters is 4. The maximum Gasteiger partial charge on any atom is 0.472 e. The Kier molecular flexibility index (Phi) is 69.3. The van der Waals surface area contributed by atoms with E-state index in [1.807, 2.05) is 0 Å². The Hall–Kier alpha value is -1.94. The molecular formula is C79H154O17P2. The molecule has 0 spiro atoms. The lowest BCUT2D eigenvalue weighted by molar-refractivity contribution is -0.161. The van der Waals surface area contributed by atoms with Gasteiger partial charge in [-0.1, -0.05) is 363 Å². The number of unbranched alkanes of at least 4 members (excludes halogenated alkanes) is 47. The number of aliphatic hydroxyl groups is 1. The molecular weight excluding hydrogens is 1280 g/mol. The van der Waals surface area contributed by atoms with Gasteiger partial charge in [-0.2, -0.15) is 0 Å². The van der Waals surface area contributed by atoms with Crippen LogP contribution in [-0.2, 0) is 65.4 Å². The van der Waals surface area contributed by atoms with Crippen molar-refractivity contribution in [3.63, 3.8) is 0 Å². The third kappa shape index (κ3) is 71.1. The Morgan fingerprint density at radius 1 is 0.296 bits per heavy atom. The summed E-state index contributed by atoms with van der Waals surface area (Å²) in [5, 5.41) is 10.6. The second-order valence-corrected chi connectivity index (χ2v) is 32.1. The molecule has 17 nitrogen and oxygen atoms in total. The summed E-state index contributed by atoms with van der Waals surface area (Å²) >= 11 is 0. The fraction of sp³-hybridized carbons (Fsp3) is 0.949. The molecule has 0 saturated heterocycles. The molecule has 6 atom stereocenters. The lowest BCUT2D eigenvalue weighted by atomic mass is 9.99. The molecule has 0 aromatic carbocycles. The van der Waals surface area contributed by atoms with Crippen LogP contribution in [0.1, 0.15) is 414 Å². The summed E-state index contributed by atoms with van der Waals surface area (Å²) in [4.78, 5) is 72.8. The van der Waals surface area contributed by atoms with Gasteiger partial charge in [0.25, 0.3) is 0 Å². The molecule has 0 aromatic rings. The van der Waals surface area contributed by atoms with Gasteiger partial charge in [0, 0.05) is 25.7 Å². The van der Waals surface area contributed by atoms with Gasteiger partial charge in [-0.15, -0.1) is 0 Å². The molecule has 3 unspecified atom stereocenters. The van der Waals surface area contributed by atoms with Crippen LogP contribution in [0.15, 0.2) is 0 Å². The van der Waals surface area contributed by atoms with E-state index in [0.29, 0.717) is 25.7 Å². The minimum atomic E-state index is -4.96. The van der Waals surface area contributed by atoms with Crippen LogP contribution in [0.25, 0.3) is 0 Å². The predicted octanol–water partition coefficient (Wildman–Crippen LogP) is 23.5. The molecule has 0 bridgehead atoms. The van der Waals surface area contributed by atoms with E-state index in [2.05, 4.69) is 41.5 Å². The molecule has 0 radical (unpaired) electrons. The first-order valence-electron chi connectivity index (χ1n) is 41.0. The van der Waals surface area contributed by atoms with Gasteiger partial charge in [-0.3, -0.25) is 37.3 Å². The van der Waals surface area contributed by atoms with E-state index < -0.39 is 97.5 Å². The lowest BCUT2D eigenvalue weighted by Crippen LogP contribution is -2.30. The molecule has 19 heteroatoms. The molecule has 0 aromatic heterocycles. The maximum absolute atomic E-state index is 13.1. The van der Waals surface area contributed by atoms with E-state index in [9.17, 15) is 43.2 Å². The van der Waals surface area contributed by atoms with Crippen molar-refractivity contribution >= 4 is 39.5 Å². The number of hydrogen-bond acceptors (Lipinski definition) is 15. The Morgan fingerprint density at radius 2 is 0.520 bits per heavy atom. The van der Waals surface area contributed by atoms with Gasteiger partial charge in [0.05, 0.1) is 26.4 Å². The Bertz CT molecular complexity index is 1890. The summed E-state index contributed by atoms with van der Waals surface area (Å²) < 4.78 is 68.5. The highest BCUT2D eigenvalue weighted by molar-refractivity contribution is 7.47. The molecule has 582 valence electrons. The average molecular weight is 1440 g/mol. The number of rotatable bonds is 78. The molecule has 0 saturated carbocycles. The molecule has 0 heterocycles. The van der Waals surface area contributed by atoms with Gasteiger partial charge in [0.15, 0.2) is 12.2 Å². The van der Waals surface area contributed by atoms with E-state index in [-0.39, 0.29) is 25.7 Å². The van der Waals surface area contributed by atoms with Gasteiger partial charge in [0.2, 0.25) is 0 Å².